The van der Waals surface area contributed by atoms with Crippen molar-refractivity contribution < 1.29 is 0 Å². The fourth-order valence-electron chi connectivity index (χ4n) is 2.50. The van der Waals surface area contributed by atoms with Crippen LogP contribution in [0, 0.1) is 0 Å². The van der Waals surface area contributed by atoms with Gasteiger partial charge >= 0.3 is 0 Å². The quantitative estimate of drug-likeness (QED) is 0.901. The van der Waals surface area contributed by atoms with Crippen molar-refractivity contribution in [2.45, 2.75) is 38.3 Å². The average Bonchev–Trinajstić information content (AvgIpc) is 3.09. The Hall–Kier alpha value is -1.19. The van der Waals surface area contributed by atoms with Crippen LogP contribution in [-0.4, -0.2) is 11.0 Å². The van der Waals surface area contributed by atoms with Crippen LogP contribution in [0.3, 0.4) is 0 Å². The smallest absolute Gasteiger partial charge is 0.107 e. The maximum absolute atomic E-state index is 4.70. The molecule has 1 fully saturated rings. The van der Waals surface area contributed by atoms with Crippen molar-refractivity contribution >= 4 is 11.3 Å². The van der Waals surface area contributed by atoms with Crippen molar-refractivity contribution in [3.63, 3.8) is 0 Å². The van der Waals surface area contributed by atoms with E-state index in [0.717, 1.165) is 12.2 Å². The number of rotatable bonds is 4. The fourth-order valence-corrected chi connectivity index (χ4v) is 3.25. The second-order valence-corrected chi connectivity index (χ2v) is 5.80. The Morgan fingerprint density at radius 3 is 2.72 bits per heavy atom. The molecule has 3 rings (SSSR count). The largest absolute Gasteiger partial charge is 0.308 e. The normalized spacial score (nSPS) is 16.2. The number of hydrogen-bond donors (Lipinski definition) is 1. The molecule has 0 amide bonds. The lowest BCUT2D eigenvalue weighted by Crippen LogP contribution is -2.25. The van der Waals surface area contributed by atoms with Gasteiger partial charge in [0.05, 0.1) is 5.69 Å². The molecule has 0 saturated heterocycles. The Balaban J connectivity index is 1.63. The van der Waals surface area contributed by atoms with E-state index in [1.165, 1.54) is 36.3 Å². The van der Waals surface area contributed by atoms with Crippen molar-refractivity contribution in [2.75, 3.05) is 0 Å². The highest BCUT2D eigenvalue weighted by Gasteiger charge is 2.14. The maximum atomic E-state index is 4.70. The maximum Gasteiger partial charge on any atom is 0.107 e. The molecule has 0 atom stereocenters. The highest BCUT2D eigenvalue weighted by molar-refractivity contribution is 7.09. The minimum atomic E-state index is 0.717. The third kappa shape index (κ3) is 2.79. The average molecular weight is 258 g/mol. The standard InChI is InChI=1S/C15H18N2S/c1-2-6-12(7-3-1)14-11-18-15(17-14)10-16-13-8-4-5-9-13/h1-3,6-7,11,13,16H,4-5,8-10H2. The van der Waals surface area contributed by atoms with Gasteiger partial charge in [-0.15, -0.1) is 11.3 Å². The molecule has 2 aromatic rings. The van der Waals surface area contributed by atoms with E-state index in [4.69, 9.17) is 4.98 Å². The number of aromatic nitrogens is 1. The molecule has 3 heteroatoms. The summed E-state index contributed by atoms with van der Waals surface area (Å²) in [6, 6.07) is 11.1. The molecule has 18 heavy (non-hydrogen) atoms. The van der Waals surface area contributed by atoms with E-state index in [1.54, 1.807) is 11.3 Å². The Morgan fingerprint density at radius 1 is 1.17 bits per heavy atom. The monoisotopic (exact) mass is 258 g/mol. The van der Waals surface area contributed by atoms with Crippen LogP contribution in [0.2, 0.25) is 0 Å². The van der Waals surface area contributed by atoms with Gasteiger partial charge in [0.2, 0.25) is 0 Å². The Labute approximate surface area is 112 Å². The van der Waals surface area contributed by atoms with Gasteiger partial charge in [-0.3, -0.25) is 0 Å². The molecule has 0 radical (unpaired) electrons. The molecule has 1 aliphatic rings. The van der Waals surface area contributed by atoms with Crippen LogP contribution in [0.4, 0.5) is 0 Å². The first-order valence-corrected chi connectivity index (χ1v) is 7.53. The third-order valence-corrected chi connectivity index (χ3v) is 4.37. The van der Waals surface area contributed by atoms with Crippen LogP contribution in [-0.2, 0) is 6.54 Å². The number of thiazole rings is 1. The lowest BCUT2D eigenvalue weighted by atomic mass is 10.2. The molecule has 1 aromatic carbocycles. The van der Waals surface area contributed by atoms with Crippen molar-refractivity contribution in [3.05, 3.63) is 40.7 Å². The summed E-state index contributed by atoms with van der Waals surface area (Å²) in [6.07, 6.45) is 5.42. The number of benzene rings is 1. The Morgan fingerprint density at radius 2 is 1.94 bits per heavy atom. The molecule has 0 spiro atoms. The summed E-state index contributed by atoms with van der Waals surface area (Å²) in [5, 5.41) is 6.96. The summed E-state index contributed by atoms with van der Waals surface area (Å²) in [6.45, 7) is 0.919. The predicted octanol–water partition coefficient (Wildman–Crippen LogP) is 3.84. The van der Waals surface area contributed by atoms with Crippen molar-refractivity contribution in [3.8, 4) is 11.3 Å². The van der Waals surface area contributed by atoms with Crippen LogP contribution in [0.25, 0.3) is 11.3 Å². The first kappa shape index (κ1) is 11.9. The second-order valence-electron chi connectivity index (χ2n) is 4.85. The molecule has 1 N–H and O–H groups in total. The SMILES string of the molecule is c1ccc(-c2csc(CNC3CCCC3)n2)cc1. The molecular formula is C15H18N2S. The Kier molecular flexibility index (Phi) is 3.72. The number of nitrogens with zero attached hydrogens (tertiary/aromatic N) is 1. The molecule has 1 aromatic heterocycles. The van der Waals surface area contributed by atoms with Gasteiger partial charge in [0, 0.05) is 23.5 Å². The number of hydrogen-bond acceptors (Lipinski definition) is 3. The van der Waals surface area contributed by atoms with E-state index in [9.17, 15) is 0 Å². The summed E-state index contributed by atoms with van der Waals surface area (Å²) in [5.74, 6) is 0. The summed E-state index contributed by atoms with van der Waals surface area (Å²) in [7, 11) is 0. The lowest BCUT2D eigenvalue weighted by molar-refractivity contribution is 0.523. The van der Waals surface area contributed by atoms with Gasteiger partial charge in [-0.2, -0.15) is 0 Å². The topological polar surface area (TPSA) is 24.9 Å². The zero-order valence-corrected chi connectivity index (χ0v) is 11.2. The van der Waals surface area contributed by atoms with Gasteiger partial charge in [-0.1, -0.05) is 43.2 Å². The van der Waals surface area contributed by atoms with Crippen molar-refractivity contribution in [2.24, 2.45) is 0 Å². The van der Waals surface area contributed by atoms with Crippen LogP contribution >= 0.6 is 11.3 Å². The van der Waals surface area contributed by atoms with E-state index in [0.29, 0.717) is 6.04 Å². The predicted molar refractivity (Wildman–Crippen MR) is 76.6 cm³/mol. The molecule has 1 saturated carbocycles. The Bertz CT molecular complexity index is 486. The van der Waals surface area contributed by atoms with E-state index >= 15 is 0 Å². The van der Waals surface area contributed by atoms with Gasteiger partial charge in [0.1, 0.15) is 5.01 Å². The van der Waals surface area contributed by atoms with Crippen LogP contribution < -0.4 is 5.32 Å². The third-order valence-electron chi connectivity index (χ3n) is 3.52. The van der Waals surface area contributed by atoms with Crippen LogP contribution in [0.5, 0.6) is 0 Å². The van der Waals surface area contributed by atoms with Gasteiger partial charge in [0.15, 0.2) is 0 Å². The van der Waals surface area contributed by atoms with Gasteiger partial charge in [-0.25, -0.2) is 4.98 Å². The molecule has 2 nitrogen and oxygen atoms in total. The highest BCUT2D eigenvalue weighted by atomic mass is 32.1. The summed E-state index contributed by atoms with van der Waals surface area (Å²) in [5.41, 5.74) is 2.31. The highest BCUT2D eigenvalue weighted by Crippen LogP contribution is 2.22. The molecular weight excluding hydrogens is 240 g/mol. The minimum Gasteiger partial charge on any atom is -0.308 e. The van der Waals surface area contributed by atoms with E-state index in [-0.39, 0.29) is 0 Å². The first-order chi connectivity index (χ1) is 8.92. The zero-order valence-electron chi connectivity index (χ0n) is 10.4. The van der Waals surface area contributed by atoms with Gasteiger partial charge in [0.25, 0.3) is 0 Å². The van der Waals surface area contributed by atoms with E-state index < -0.39 is 0 Å². The minimum absolute atomic E-state index is 0.717. The molecule has 0 bridgehead atoms. The summed E-state index contributed by atoms with van der Waals surface area (Å²) >= 11 is 1.75. The number of nitrogens with one attached hydrogen (secondary N) is 1. The first-order valence-electron chi connectivity index (χ1n) is 6.65. The van der Waals surface area contributed by atoms with Gasteiger partial charge < -0.3 is 5.32 Å². The van der Waals surface area contributed by atoms with E-state index in [2.05, 4.69) is 35.0 Å². The van der Waals surface area contributed by atoms with Crippen LogP contribution in [0.15, 0.2) is 35.7 Å². The summed E-state index contributed by atoms with van der Waals surface area (Å²) in [4.78, 5) is 4.70. The van der Waals surface area contributed by atoms with E-state index in [1.807, 2.05) is 6.07 Å². The molecule has 0 aliphatic heterocycles. The van der Waals surface area contributed by atoms with Gasteiger partial charge in [-0.05, 0) is 12.8 Å². The van der Waals surface area contributed by atoms with Crippen molar-refractivity contribution in [1.82, 2.24) is 10.3 Å². The zero-order chi connectivity index (χ0) is 12.2. The van der Waals surface area contributed by atoms with Crippen molar-refractivity contribution in [1.29, 1.82) is 0 Å². The molecule has 1 heterocycles. The lowest BCUT2D eigenvalue weighted by Gasteiger charge is -2.09. The molecule has 94 valence electrons. The summed E-state index contributed by atoms with van der Waals surface area (Å²) < 4.78 is 0. The van der Waals surface area contributed by atoms with Crippen LogP contribution in [0.1, 0.15) is 30.7 Å². The molecule has 1 aliphatic carbocycles. The fraction of sp³-hybridized carbons (Fsp3) is 0.400. The second kappa shape index (κ2) is 5.63. The molecule has 0 unspecified atom stereocenters.